The summed E-state index contributed by atoms with van der Waals surface area (Å²) in [5.74, 6) is 14.2. The largest absolute Gasteiger partial charge is 0.455 e. The lowest BCUT2D eigenvalue weighted by Gasteiger charge is -2.09. The minimum absolute atomic E-state index is 0.713. The van der Waals surface area contributed by atoms with Gasteiger partial charge in [0.1, 0.15) is 11.5 Å². The molecule has 0 spiro atoms. The molecule has 1 heteroatoms. The van der Waals surface area contributed by atoms with Crippen molar-refractivity contribution in [2.24, 2.45) is 0 Å². The van der Waals surface area contributed by atoms with E-state index in [0.717, 1.165) is 22.3 Å². The molecular formula is C28H18O. The predicted molar refractivity (Wildman–Crippen MR) is 118 cm³/mol. The van der Waals surface area contributed by atoms with E-state index >= 15 is 0 Å². The van der Waals surface area contributed by atoms with Crippen LogP contribution < -0.4 is 4.74 Å². The highest BCUT2D eigenvalue weighted by molar-refractivity contribution is 5.54. The summed E-state index contributed by atoms with van der Waals surface area (Å²) in [4.78, 5) is 0. The Morgan fingerprint density at radius 1 is 0.379 bits per heavy atom. The molecule has 4 aromatic carbocycles. The lowest BCUT2D eigenvalue weighted by Crippen LogP contribution is -1.91. The van der Waals surface area contributed by atoms with E-state index < -0.39 is 0 Å². The van der Waals surface area contributed by atoms with Crippen molar-refractivity contribution < 1.29 is 4.74 Å². The minimum Gasteiger partial charge on any atom is -0.455 e. The third-order valence-corrected chi connectivity index (χ3v) is 4.22. The average Bonchev–Trinajstić information content (AvgIpc) is 2.79. The van der Waals surface area contributed by atoms with Gasteiger partial charge in [-0.15, -0.1) is 0 Å². The first kappa shape index (κ1) is 18.2. The van der Waals surface area contributed by atoms with Crippen molar-refractivity contribution >= 4 is 0 Å². The number of para-hydroxylation sites is 2. The van der Waals surface area contributed by atoms with Gasteiger partial charge in [-0.25, -0.2) is 0 Å². The molecule has 0 aliphatic rings. The zero-order chi connectivity index (χ0) is 19.7. The summed E-state index contributed by atoms with van der Waals surface area (Å²) in [6, 6.07) is 35.4. The molecule has 4 aromatic rings. The molecule has 0 radical (unpaired) electrons. The van der Waals surface area contributed by atoms with Crippen LogP contribution in [0.5, 0.6) is 11.5 Å². The Labute approximate surface area is 171 Å². The van der Waals surface area contributed by atoms with Crippen LogP contribution >= 0.6 is 0 Å². The first-order chi connectivity index (χ1) is 14.4. The van der Waals surface area contributed by atoms with E-state index in [9.17, 15) is 0 Å². The standard InChI is InChI=1S/C28H18O/c1-3-11-23(12-4-1)19-21-25-15-7-9-17-27(25)29-28-18-10-8-16-26(28)22-20-24-13-5-2-6-14-24/h1-18H. The van der Waals surface area contributed by atoms with Gasteiger partial charge in [-0.1, -0.05) is 84.3 Å². The molecule has 0 atom stereocenters. The monoisotopic (exact) mass is 370 g/mol. The van der Waals surface area contributed by atoms with E-state index in [1.165, 1.54) is 0 Å². The Balaban J connectivity index is 1.63. The van der Waals surface area contributed by atoms with Crippen molar-refractivity contribution in [3.63, 3.8) is 0 Å². The van der Waals surface area contributed by atoms with E-state index in [1.807, 2.05) is 109 Å². The molecule has 0 heterocycles. The molecule has 1 nitrogen and oxygen atoms in total. The number of benzene rings is 4. The second-order valence-electron chi connectivity index (χ2n) is 6.33. The molecule has 0 bridgehead atoms. The van der Waals surface area contributed by atoms with Crippen molar-refractivity contribution in [3.8, 4) is 35.2 Å². The van der Waals surface area contributed by atoms with Gasteiger partial charge in [0.15, 0.2) is 0 Å². The van der Waals surface area contributed by atoms with Crippen molar-refractivity contribution in [3.05, 3.63) is 131 Å². The normalized spacial score (nSPS) is 9.52. The molecule has 0 saturated carbocycles. The van der Waals surface area contributed by atoms with Crippen LogP contribution in [0.3, 0.4) is 0 Å². The fraction of sp³-hybridized carbons (Fsp3) is 0. The Morgan fingerprint density at radius 3 is 1.21 bits per heavy atom. The van der Waals surface area contributed by atoms with Crippen LogP contribution in [-0.4, -0.2) is 0 Å². The first-order valence-corrected chi connectivity index (χ1v) is 9.38. The summed E-state index contributed by atoms with van der Waals surface area (Å²) in [5.41, 5.74) is 3.61. The van der Waals surface area contributed by atoms with Gasteiger partial charge in [0.2, 0.25) is 0 Å². The van der Waals surface area contributed by atoms with Crippen molar-refractivity contribution in [1.82, 2.24) is 0 Å². The topological polar surface area (TPSA) is 9.23 Å². The number of hydrogen-bond donors (Lipinski definition) is 0. The minimum atomic E-state index is 0.713. The highest BCUT2D eigenvalue weighted by atomic mass is 16.5. The summed E-state index contributed by atoms with van der Waals surface area (Å²) < 4.78 is 6.21. The average molecular weight is 370 g/mol. The third kappa shape index (κ3) is 4.95. The fourth-order valence-electron chi connectivity index (χ4n) is 2.76. The van der Waals surface area contributed by atoms with Gasteiger partial charge < -0.3 is 4.74 Å². The maximum atomic E-state index is 6.21. The van der Waals surface area contributed by atoms with E-state index in [4.69, 9.17) is 4.74 Å². The maximum absolute atomic E-state index is 6.21. The summed E-state index contributed by atoms with van der Waals surface area (Å²) in [6.07, 6.45) is 0. The van der Waals surface area contributed by atoms with Crippen LogP contribution in [0, 0.1) is 23.7 Å². The molecule has 0 amide bonds. The van der Waals surface area contributed by atoms with Crippen LogP contribution in [0.25, 0.3) is 0 Å². The molecule has 0 aliphatic heterocycles. The van der Waals surface area contributed by atoms with E-state index in [2.05, 4.69) is 23.7 Å². The Kier molecular flexibility index (Phi) is 5.73. The van der Waals surface area contributed by atoms with E-state index in [-0.39, 0.29) is 0 Å². The van der Waals surface area contributed by atoms with Crippen LogP contribution in [0.1, 0.15) is 22.3 Å². The number of hydrogen-bond acceptors (Lipinski definition) is 1. The van der Waals surface area contributed by atoms with E-state index in [1.54, 1.807) is 0 Å². The van der Waals surface area contributed by atoms with Crippen LogP contribution in [0.4, 0.5) is 0 Å². The highest BCUT2D eigenvalue weighted by Crippen LogP contribution is 2.27. The summed E-state index contributed by atoms with van der Waals surface area (Å²) >= 11 is 0. The Hall–Kier alpha value is -4.20. The van der Waals surface area contributed by atoms with Gasteiger partial charge in [0.05, 0.1) is 11.1 Å². The quantitative estimate of drug-likeness (QED) is 0.377. The molecule has 4 rings (SSSR count). The molecule has 0 saturated heterocycles. The molecule has 136 valence electrons. The summed E-state index contributed by atoms with van der Waals surface area (Å²) in [7, 11) is 0. The molecule has 0 fully saturated rings. The highest BCUT2D eigenvalue weighted by Gasteiger charge is 2.05. The first-order valence-electron chi connectivity index (χ1n) is 9.38. The van der Waals surface area contributed by atoms with Crippen LogP contribution in [0.15, 0.2) is 109 Å². The van der Waals surface area contributed by atoms with Gasteiger partial charge in [-0.2, -0.15) is 0 Å². The lowest BCUT2D eigenvalue weighted by molar-refractivity contribution is 0.480. The van der Waals surface area contributed by atoms with Crippen LogP contribution in [0.2, 0.25) is 0 Å². The fourth-order valence-corrected chi connectivity index (χ4v) is 2.76. The third-order valence-electron chi connectivity index (χ3n) is 4.22. The Bertz CT molecular complexity index is 1120. The Morgan fingerprint density at radius 2 is 0.759 bits per heavy atom. The van der Waals surface area contributed by atoms with Crippen molar-refractivity contribution in [2.75, 3.05) is 0 Å². The molecule has 0 aliphatic carbocycles. The van der Waals surface area contributed by atoms with Crippen LogP contribution in [-0.2, 0) is 0 Å². The van der Waals surface area contributed by atoms with Gasteiger partial charge in [0.25, 0.3) is 0 Å². The second-order valence-corrected chi connectivity index (χ2v) is 6.33. The molecule has 29 heavy (non-hydrogen) atoms. The summed E-state index contributed by atoms with van der Waals surface area (Å²) in [5, 5.41) is 0. The zero-order valence-corrected chi connectivity index (χ0v) is 15.8. The van der Waals surface area contributed by atoms with Gasteiger partial charge in [-0.05, 0) is 48.5 Å². The predicted octanol–water partition coefficient (Wildman–Crippen LogP) is 6.28. The molecule has 0 N–H and O–H groups in total. The van der Waals surface area contributed by atoms with Gasteiger partial charge in [0, 0.05) is 11.1 Å². The molecule has 0 aromatic heterocycles. The second kappa shape index (κ2) is 9.14. The SMILES string of the molecule is C(#Cc1ccccc1Oc1ccccc1C#Cc1ccccc1)c1ccccc1. The van der Waals surface area contributed by atoms with Crippen molar-refractivity contribution in [2.45, 2.75) is 0 Å². The number of ether oxygens (including phenoxy) is 1. The smallest absolute Gasteiger partial charge is 0.143 e. The van der Waals surface area contributed by atoms with Gasteiger partial charge in [-0.3, -0.25) is 0 Å². The lowest BCUT2D eigenvalue weighted by atomic mass is 10.1. The van der Waals surface area contributed by atoms with Gasteiger partial charge >= 0.3 is 0 Å². The summed E-state index contributed by atoms with van der Waals surface area (Å²) in [6.45, 7) is 0. The zero-order valence-electron chi connectivity index (χ0n) is 15.8. The molecule has 0 unspecified atom stereocenters. The van der Waals surface area contributed by atoms with Crippen molar-refractivity contribution in [1.29, 1.82) is 0 Å². The maximum Gasteiger partial charge on any atom is 0.143 e. The molecular weight excluding hydrogens is 352 g/mol. The van der Waals surface area contributed by atoms with E-state index in [0.29, 0.717) is 11.5 Å². The number of rotatable bonds is 2.